The van der Waals surface area contributed by atoms with E-state index < -0.39 is 0 Å². The van der Waals surface area contributed by atoms with E-state index in [1.54, 1.807) is 0 Å². The second kappa shape index (κ2) is 3.80. The van der Waals surface area contributed by atoms with Gasteiger partial charge in [0.15, 0.2) is 0 Å². The Labute approximate surface area is 91.6 Å². The van der Waals surface area contributed by atoms with Crippen molar-refractivity contribution < 1.29 is 14.6 Å². The maximum atomic E-state index is 9.19. The molecule has 0 saturated carbocycles. The van der Waals surface area contributed by atoms with Crippen LogP contribution in [0, 0.1) is 0 Å². The van der Waals surface area contributed by atoms with E-state index in [2.05, 4.69) is 15.0 Å². The van der Waals surface area contributed by atoms with E-state index in [9.17, 15) is 10.2 Å². The molecule has 2 aromatic rings. The Hall–Kier alpha value is -2.11. The van der Waals surface area contributed by atoms with Crippen LogP contribution in [0.3, 0.4) is 0 Å². The molecule has 6 nitrogen and oxygen atoms in total. The van der Waals surface area contributed by atoms with Gasteiger partial charge in [-0.2, -0.15) is 9.97 Å². The van der Waals surface area contributed by atoms with Gasteiger partial charge in [0, 0.05) is 0 Å². The summed E-state index contributed by atoms with van der Waals surface area (Å²) in [6.45, 7) is 3.95. The third kappa shape index (κ3) is 1.95. The lowest BCUT2D eigenvalue weighted by molar-refractivity contribution is 0.420. The van der Waals surface area contributed by atoms with Gasteiger partial charge in [-0.15, -0.1) is 0 Å². The van der Waals surface area contributed by atoms with E-state index in [4.69, 9.17) is 4.42 Å². The van der Waals surface area contributed by atoms with Crippen molar-refractivity contribution in [3.63, 3.8) is 0 Å². The van der Waals surface area contributed by atoms with Gasteiger partial charge in [0.2, 0.25) is 17.6 Å². The van der Waals surface area contributed by atoms with Gasteiger partial charge in [-0.3, -0.25) is 0 Å². The monoisotopic (exact) mass is 221 g/mol. The fourth-order valence-electron chi connectivity index (χ4n) is 1.17. The third-order valence-corrected chi connectivity index (χ3v) is 2.00. The molecule has 0 aliphatic rings. The highest BCUT2D eigenvalue weighted by Crippen LogP contribution is 2.22. The SMILES string of the molecule is CC(C)c1coc(-c2nc(O)cc(O)n2)n1. The molecule has 16 heavy (non-hydrogen) atoms. The molecule has 0 aromatic carbocycles. The molecule has 0 radical (unpaired) electrons. The first-order valence-electron chi connectivity index (χ1n) is 4.79. The molecule has 84 valence electrons. The van der Waals surface area contributed by atoms with Crippen molar-refractivity contribution >= 4 is 0 Å². The van der Waals surface area contributed by atoms with Gasteiger partial charge in [0.1, 0.15) is 6.26 Å². The predicted octanol–water partition coefficient (Wildman–Crippen LogP) is 1.67. The molecule has 0 bridgehead atoms. The minimum Gasteiger partial charge on any atom is -0.493 e. The van der Waals surface area contributed by atoms with E-state index in [1.807, 2.05) is 13.8 Å². The first-order chi connectivity index (χ1) is 7.56. The number of aromatic nitrogens is 3. The molecule has 0 aliphatic carbocycles. The van der Waals surface area contributed by atoms with Gasteiger partial charge in [0.05, 0.1) is 11.8 Å². The van der Waals surface area contributed by atoms with Crippen LogP contribution in [0.5, 0.6) is 11.8 Å². The fourth-order valence-corrected chi connectivity index (χ4v) is 1.17. The zero-order chi connectivity index (χ0) is 11.7. The van der Waals surface area contributed by atoms with Crippen LogP contribution in [0.1, 0.15) is 25.5 Å². The summed E-state index contributed by atoms with van der Waals surface area (Å²) in [7, 11) is 0. The number of rotatable bonds is 2. The number of hydrogen-bond donors (Lipinski definition) is 2. The number of aromatic hydroxyl groups is 2. The Bertz CT molecular complexity index is 488. The molecule has 2 heterocycles. The van der Waals surface area contributed by atoms with Gasteiger partial charge in [-0.25, -0.2) is 4.98 Å². The maximum absolute atomic E-state index is 9.19. The quantitative estimate of drug-likeness (QED) is 0.801. The van der Waals surface area contributed by atoms with Crippen LogP contribution < -0.4 is 0 Å². The summed E-state index contributed by atoms with van der Waals surface area (Å²) >= 11 is 0. The Kier molecular flexibility index (Phi) is 2.47. The van der Waals surface area contributed by atoms with Crippen LogP contribution in [-0.2, 0) is 0 Å². The molecule has 0 unspecified atom stereocenters. The molecular formula is C10H11N3O3. The molecule has 2 aromatic heterocycles. The summed E-state index contributed by atoms with van der Waals surface area (Å²) < 4.78 is 5.16. The lowest BCUT2D eigenvalue weighted by atomic mass is 10.2. The zero-order valence-electron chi connectivity index (χ0n) is 8.88. The van der Waals surface area contributed by atoms with Crippen molar-refractivity contribution in [1.29, 1.82) is 0 Å². The minimum atomic E-state index is -0.327. The standard InChI is InChI=1S/C10H11N3O3/c1-5(2)6-4-16-10(11-6)9-12-7(14)3-8(15)13-9/h3-5H,1-2H3,(H2,12,13,14,15). The molecule has 0 saturated heterocycles. The first-order valence-corrected chi connectivity index (χ1v) is 4.79. The summed E-state index contributed by atoms with van der Waals surface area (Å²) in [6.07, 6.45) is 1.50. The van der Waals surface area contributed by atoms with Gasteiger partial charge < -0.3 is 14.6 Å². The number of hydrogen-bond acceptors (Lipinski definition) is 6. The second-order valence-electron chi connectivity index (χ2n) is 3.64. The van der Waals surface area contributed by atoms with E-state index in [1.165, 1.54) is 6.26 Å². The predicted molar refractivity (Wildman–Crippen MR) is 54.9 cm³/mol. The van der Waals surface area contributed by atoms with E-state index >= 15 is 0 Å². The van der Waals surface area contributed by atoms with Crippen molar-refractivity contribution in [2.24, 2.45) is 0 Å². The van der Waals surface area contributed by atoms with Gasteiger partial charge in [-0.1, -0.05) is 13.8 Å². The van der Waals surface area contributed by atoms with Crippen LogP contribution >= 0.6 is 0 Å². The minimum absolute atomic E-state index is 0.0596. The topological polar surface area (TPSA) is 92.3 Å². The van der Waals surface area contributed by atoms with Crippen LogP contribution in [-0.4, -0.2) is 25.2 Å². The maximum Gasteiger partial charge on any atom is 0.265 e. The molecule has 2 rings (SSSR count). The second-order valence-corrected chi connectivity index (χ2v) is 3.64. The van der Waals surface area contributed by atoms with Crippen molar-refractivity contribution in [2.75, 3.05) is 0 Å². The lowest BCUT2D eigenvalue weighted by Gasteiger charge is -1.97. The average molecular weight is 221 g/mol. The highest BCUT2D eigenvalue weighted by molar-refractivity contribution is 5.43. The van der Waals surface area contributed by atoms with Gasteiger partial charge in [0.25, 0.3) is 5.89 Å². The van der Waals surface area contributed by atoms with Gasteiger partial charge >= 0.3 is 0 Å². The highest BCUT2D eigenvalue weighted by atomic mass is 16.3. The van der Waals surface area contributed by atoms with Crippen LogP contribution in [0.2, 0.25) is 0 Å². The van der Waals surface area contributed by atoms with Crippen molar-refractivity contribution in [3.05, 3.63) is 18.0 Å². The van der Waals surface area contributed by atoms with Crippen LogP contribution in [0.25, 0.3) is 11.7 Å². The van der Waals surface area contributed by atoms with Crippen molar-refractivity contribution in [3.8, 4) is 23.5 Å². The molecule has 0 atom stereocenters. The molecule has 0 fully saturated rings. The fraction of sp³-hybridized carbons (Fsp3) is 0.300. The van der Waals surface area contributed by atoms with E-state index in [0.29, 0.717) is 0 Å². The van der Waals surface area contributed by atoms with Crippen molar-refractivity contribution in [2.45, 2.75) is 19.8 Å². The zero-order valence-corrected chi connectivity index (χ0v) is 8.88. The van der Waals surface area contributed by atoms with Crippen LogP contribution in [0.15, 0.2) is 16.7 Å². The first kappa shape index (κ1) is 10.4. The van der Waals surface area contributed by atoms with Crippen molar-refractivity contribution in [1.82, 2.24) is 15.0 Å². The highest BCUT2D eigenvalue weighted by Gasteiger charge is 2.13. The largest absolute Gasteiger partial charge is 0.493 e. The van der Waals surface area contributed by atoms with Crippen LogP contribution in [0.4, 0.5) is 0 Å². The average Bonchev–Trinajstić information content (AvgIpc) is 2.64. The molecular weight excluding hydrogens is 210 g/mol. The summed E-state index contributed by atoms with van der Waals surface area (Å²) in [6, 6.07) is 1.04. The summed E-state index contributed by atoms with van der Waals surface area (Å²) in [4.78, 5) is 11.6. The molecule has 2 N–H and O–H groups in total. The molecule has 6 heteroatoms. The molecule has 0 aliphatic heterocycles. The lowest BCUT2D eigenvalue weighted by Crippen LogP contribution is -1.91. The summed E-state index contributed by atoms with van der Waals surface area (Å²) in [5.74, 6) is -0.193. The Balaban J connectivity index is 2.42. The number of oxazole rings is 1. The summed E-state index contributed by atoms with van der Waals surface area (Å²) in [5.41, 5.74) is 0.765. The van der Waals surface area contributed by atoms with E-state index in [0.717, 1.165) is 11.8 Å². The van der Waals surface area contributed by atoms with E-state index in [-0.39, 0.29) is 29.4 Å². The Morgan fingerprint density at radius 1 is 1.12 bits per heavy atom. The smallest absolute Gasteiger partial charge is 0.265 e. The molecule has 0 spiro atoms. The molecule has 0 amide bonds. The number of nitrogens with zero attached hydrogens (tertiary/aromatic N) is 3. The Morgan fingerprint density at radius 3 is 2.25 bits per heavy atom. The summed E-state index contributed by atoms with van der Waals surface area (Å²) in [5, 5.41) is 18.4. The Morgan fingerprint density at radius 2 is 1.75 bits per heavy atom. The third-order valence-electron chi connectivity index (χ3n) is 2.00. The normalized spacial score (nSPS) is 10.9. The van der Waals surface area contributed by atoms with Gasteiger partial charge in [-0.05, 0) is 5.92 Å².